The van der Waals surface area contributed by atoms with Gasteiger partial charge in [-0.25, -0.2) is 4.98 Å². The Morgan fingerprint density at radius 3 is 2.52 bits per heavy atom. The molecule has 29 heavy (non-hydrogen) atoms. The van der Waals surface area contributed by atoms with Gasteiger partial charge in [-0.3, -0.25) is 9.36 Å². The van der Waals surface area contributed by atoms with E-state index in [-0.39, 0.29) is 0 Å². The van der Waals surface area contributed by atoms with Crippen LogP contribution in [0.15, 0.2) is 29.3 Å². The Bertz CT molecular complexity index is 769. The van der Waals surface area contributed by atoms with Gasteiger partial charge >= 0.3 is 0 Å². The molecular formula is C22H35N5OS. The summed E-state index contributed by atoms with van der Waals surface area (Å²) >= 11 is 4.39. The van der Waals surface area contributed by atoms with E-state index in [4.69, 9.17) is 0 Å². The second-order valence-electron chi connectivity index (χ2n) is 7.69. The predicted octanol–water partition coefficient (Wildman–Crippen LogP) is 3.83. The summed E-state index contributed by atoms with van der Waals surface area (Å²) in [6, 6.07) is 5.91. The number of carbonyl (C=O) groups is 1. The minimum absolute atomic E-state index is 0.433. The summed E-state index contributed by atoms with van der Waals surface area (Å²) < 4.78 is 2.00. The van der Waals surface area contributed by atoms with Gasteiger partial charge in [0.15, 0.2) is 6.29 Å². The Labute approximate surface area is 180 Å². The molecule has 0 spiro atoms. The lowest BCUT2D eigenvalue weighted by atomic mass is 9.88. The van der Waals surface area contributed by atoms with Crippen molar-refractivity contribution in [3.8, 4) is 5.69 Å². The SMILES string of the molecule is CNCCN(C)C.CNc1cc(S)ccc1-n1c(C=O)cnc1C1CCCCC1. The van der Waals surface area contributed by atoms with E-state index in [0.717, 1.165) is 54.3 Å². The number of rotatable bonds is 7. The number of thiol groups is 1. The Morgan fingerprint density at radius 2 is 1.97 bits per heavy atom. The maximum absolute atomic E-state index is 11.5. The smallest absolute Gasteiger partial charge is 0.168 e. The summed E-state index contributed by atoms with van der Waals surface area (Å²) in [5.74, 6) is 1.44. The molecule has 0 radical (unpaired) electrons. The van der Waals surface area contributed by atoms with E-state index in [1.807, 2.05) is 36.9 Å². The number of hydrogen-bond donors (Lipinski definition) is 3. The molecule has 1 aromatic carbocycles. The molecule has 1 saturated carbocycles. The maximum Gasteiger partial charge on any atom is 0.168 e. The zero-order valence-corrected chi connectivity index (χ0v) is 19.0. The van der Waals surface area contributed by atoms with Crippen LogP contribution in [-0.4, -0.2) is 62.0 Å². The molecule has 0 saturated heterocycles. The molecule has 1 fully saturated rings. The van der Waals surface area contributed by atoms with Crippen LogP contribution in [0.4, 0.5) is 5.69 Å². The van der Waals surface area contributed by atoms with Gasteiger partial charge in [0.1, 0.15) is 11.5 Å². The van der Waals surface area contributed by atoms with Crippen LogP contribution in [0, 0.1) is 0 Å². The minimum Gasteiger partial charge on any atom is -0.386 e. The third-order valence-corrected chi connectivity index (χ3v) is 5.49. The van der Waals surface area contributed by atoms with Gasteiger partial charge in [0.25, 0.3) is 0 Å². The Morgan fingerprint density at radius 1 is 1.24 bits per heavy atom. The number of aromatic nitrogens is 2. The quantitative estimate of drug-likeness (QED) is 0.472. The van der Waals surface area contributed by atoms with Crippen molar-refractivity contribution < 1.29 is 4.79 Å². The molecule has 0 unspecified atom stereocenters. The van der Waals surface area contributed by atoms with Gasteiger partial charge in [-0.15, -0.1) is 12.6 Å². The van der Waals surface area contributed by atoms with Crippen molar-refractivity contribution in [2.75, 3.05) is 46.6 Å². The minimum atomic E-state index is 0.433. The van der Waals surface area contributed by atoms with Crippen LogP contribution in [-0.2, 0) is 0 Å². The van der Waals surface area contributed by atoms with Crippen LogP contribution in [0.1, 0.15) is 54.3 Å². The summed E-state index contributed by atoms with van der Waals surface area (Å²) in [6.45, 7) is 2.20. The maximum atomic E-state index is 11.5. The number of anilines is 1. The van der Waals surface area contributed by atoms with E-state index in [2.05, 4.69) is 47.2 Å². The molecule has 0 atom stereocenters. The van der Waals surface area contributed by atoms with E-state index < -0.39 is 0 Å². The van der Waals surface area contributed by atoms with Crippen LogP contribution >= 0.6 is 12.6 Å². The van der Waals surface area contributed by atoms with E-state index in [1.54, 1.807) is 6.20 Å². The van der Waals surface area contributed by atoms with Gasteiger partial charge in [-0.2, -0.15) is 0 Å². The van der Waals surface area contributed by atoms with Gasteiger partial charge < -0.3 is 15.5 Å². The van der Waals surface area contributed by atoms with E-state index >= 15 is 0 Å². The highest BCUT2D eigenvalue weighted by molar-refractivity contribution is 7.80. The van der Waals surface area contributed by atoms with Crippen LogP contribution in [0.2, 0.25) is 0 Å². The van der Waals surface area contributed by atoms with Crippen LogP contribution in [0.3, 0.4) is 0 Å². The van der Waals surface area contributed by atoms with E-state index in [9.17, 15) is 4.79 Å². The van der Waals surface area contributed by atoms with Gasteiger partial charge in [0.2, 0.25) is 0 Å². The molecule has 3 rings (SSSR count). The lowest BCUT2D eigenvalue weighted by Gasteiger charge is -2.23. The number of hydrogen-bond acceptors (Lipinski definition) is 6. The Balaban J connectivity index is 0.000000370. The third kappa shape index (κ3) is 6.59. The molecular weight excluding hydrogens is 382 g/mol. The number of benzene rings is 1. The molecule has 160 valence electrons. The monoisotopic (exact) mass is 417 g/mol. The average molecular weight is 418 g/mol. The molecule has 1 aromatic heterocycles. The van der Waals surface area contributed by atoms with Crippen molar-refractivity contribution in [1.29, 1.82) is 0 Å². The van der Waals surface area contributed by atoms with E-state index in [0.29, 0.717) is 11.6 Å². The summed E-state index contributed by atoms with van der Waals surface area (Å²) in [5, 5.41) is 6.25. The van der Waals surface area contributed by atoms with Crippen molar-refractivity contribution in [2.24, 2.45) is 0 Å². The molecule has 2 aromatic rings. The van der Waals surface area contributed by atoms with Gasteiger partial charge in [-0.1, -0.05) is 19.3 Å². The fraction of sp³-hybridized carbons (Fsp3) is 0.545. The van der Waals surface area contributed by atoms with Crippen LogP contribution in [0.25, 0.3) is 5.69 Å². The second kappa shape index (κ2) is 12.0. The zero-order chi connectivity index (χ0) is 21.2. The molecule has 0 amide bonds. The highest BCUT2D eigenvalue weighted by Crippen LogP contribution is 2.35. The number of nitrogens with zero attached hydrogens (tertiary/aromatic N) is 3. The normalized spacial score (nSPS) is 14.4. The summed E-state index contributed by atoms with van der Waals surface area (Å²) in [5.41, 5.74) is 2.51. The molecule has 1 aliphatic carbocycles. The van der Waals surface area contributed by atoms with Crippen molar-refractivity contribution in [2.45, 2.75) is 42.9 Å². The Kier molecular flexibility index (Phi) is 9.70. The highest BCUT2D eigenvalue weighted by atomic mass is 32.1. The second-order valence-corrected chi connectivity index (χ2v) is 8.20. The van der Waals surface area contributed by atoms with E-state index in [1.165, 1.54) is 19.3 Å². The third-order valence-electron chi connectivity index (χ3n) is 5.21. The van der Waals surface area contributed by atoms with Gasteiger partial charge in [-0.05, 0) is 52.2 Å². The first kappa shape index (κ1) is 23.4. The van der Waals surface area contributed by atoms with Gasteiger partial charge in [0.05, 0.1) is 17.6 Å². The Hall–Kier alpha value is -1.83. The standard InChI is InChI=1S/C17H21N3OS.C5H14N2/c1-18-15-9-14(22)7-8-16(15)20-13(11-21)10-19-17(20)12-5-3-2-4-6-12;1-6-4-5-7(2)3/h7-12,18,22H,2-6H2,1H3;6H,4-5H2,1-3H3. The molecule has 1 heterocycles. The molecule has 1 aliphatic rings. The van der Waals surface area contributed by atoms with Crippen LogP contribution in [0.5, 0.6) is 0 Å². The van der Waals surface area contributed by atoms with Crippen molar-refractivity contribution >= 4 is 24.6 Å². The van der Waals surface area contributed by atoms with Crippen molar-refractivity contribution in [3.63, 3.8) is 0 Å². The first-order valence-corrected chi connectivity index (χ1v) is 10.8. The molecule has 6 nitrogen and oxygen atoms in total. The number of imidazole rings is 1. The number of likely N-dealkylation sites (N-methyl/N-ethyl adjacent to an activating group) is 2. The number of aldehydes is 1. The predicted molar refractivity (Wildman–Crippen MR) is 124 cm³/mol. The average Bonchev–Trinajstić information content (AvgIpc) is 3.17. The largest absolute Gasteiger partial charge is 0.386 e. The summed E-state index contributed by atoms with van der Waals surface area (Å²) in [7, 11) is 7.97. The lowest BCUT2D eigenvalue weighted by molar-refractivity contribution is 0.111. The van der Waals surface area contributed by atoms with Crippen molar-refractivity contribution in [1.82, 2.24) is 19.8 Å². The summed E-state index contributed by atoms with van der Waals surface area (Å²) in [6.07, 6.45) is 8.64. The zero-order valence-electron chi connectivity index (χ0n) is 18.1. The van der Waals surface area contributed by atoms with Crippen molar-refractivity contribution in [3.05, 3.63) is 35.9 Å². The van der Waals surface area contributed by atoms with Crippen LogP contribution < -0.4 is 10.6 Å². The first-order valence-electron chi connectivity index (χ1n) is 10.3. The number of nitrogens with one attached hydrogen (secondary N) is 2. The molecule has 2 N–H and O–H groups in total. The fourth-order valence-electron chi connectivity index (χ4n) is 3.63. The highest BCUT2D eigenvalue weighted by Gasteiger charge is 2.23. The lowest BCUT2D eigenvalue weighted by Crippen LogP contribution is -2.23. The topological polar surface area (TPSA) is 62.2 Å². The molecule has 0 aliphatic heterocycles. The molecule has 0 bridgehead atoms. The molecule has 7 heteroatoms. The number of carbonyl (C=O) groups excluding carboxylic acids is 1. The van der Waals surface area contributed by atoms with Gasteiger partial charge in [0, 0.05) is 31.0 Å². The summed E-state index contributed by atoms with van der Waals surface area (Å²) in [4.78, 5) is 19.1. The fourth-order valence-corrected chi connectivity index (χ4v) is 3.83. The first-order chi connectivity index (χ1) is 14.0.